The van der Waals surface area contributed by atoms with Crippen LogP contribution in [0.2, 0.25) is 0 Å². The molecule has 2 aromatic rings. The number of amides is 1. The Hall–Kier alpha value is -2.89. The number of benzene rings is 2. The van der Waals surface area contributed by atoms with E-state index < -0.39 is 30.9 Å². The summed E-state index contributed by atoms with van der Waals surface area (Å²) >= 11 is 0. The van der Waals surface area contributed by atoms with Crippen LogP contribution in [0.5, 0.6) is 5.75 Å². The number of hydrogen-bond donors (Lipinski definition) is 1. The van der Waals surface area contributed by atoms with Crippen molar-refractivity contribution in [2.45, 2.75) is 13.8 Å². The van der Waals surface area contributed by atoms with Gasteiger partial charge in [-0.2, -0.15) is 0 Å². The molecule has 2 rings (SSSR count). The molecule has 6 heteroatoms. The smallest absolute Gasteiger partial charge is 0.344 e. The van der Waals surface area contributed by atoms with Crippen molar-refractivity contribution in [3.8, 4) is 5.75 Å². The summed E-state index contributed by atoms with van der Waals surface area (Å²) < 4.78 is 23.1. The van der Waals surface area contributed by atoms with E-state index >= 15 is 0 Å². The summed E-state index contributed by atoms with van der Waals surface area (Å²) in [6.45, 7) is 2.91. The molecule has 0 fully saturated rings. The molecule has 1 N–H and O–H groups in total. The van der Waals surface area contributed by atoms with Gasteiger partial charge in [0.1, 0.15) is 0 Å². The van der Waals surface area contributed by atoms with Crippen LogP contribution in [0.4, 0.5) is 10.1 Å². The molecule has 24 heavy (non-hydrogen) atoms. The second-order valence-electron chi connectivity index (χ2n) is 5.18. The van der Waals surface area contributed by atoms with Crippen LogP contribution in [0.3, 0.4) is 0 Å². The van der Waals surface area contributed by atoms with Crippen LogP contribution in [-0.4, -0.2) is 25.1 Å². The lowest BCUT2D eigenvalue weighted by Gasteiger charge is -2.11. The standard InChI is InChI=1S/C18H18FNO4/c1-12-6-5-8-15(13(12)2)20-17(21)10-24-18(22)11-23-16-9-4-3-7-14(16)19/h3-9H,10-11H2,1-2H3,(H,20,21). The van der Waals surface area contributed by atoms with Gasteiger partial charge in [0.25, 0.3) is 5.91 Å². The number of aryl methyl sites for hydroxylation is 1. The van der Waals surface area contributed by atoms with Gasteiger partial charge in [0.2, 0.25) is 0 Å². The molecule has 2 aromatic carbocycles. The Morgan fingerprint density at radius 1 is 1.04 bits per heavy atom. The van der Waals surface area contributed by atoms with E-state index in [2.05, 4.69) is 5.32 Å². The van der Waals surface area contributed by atoms with Crippen LogP contribution in [0.1, 0.15) is 11.1 Å². The zero-order valence-corrected chi connectivity index (χ0v) is 13.5. The second kappa shape index (κ2) is 8.10. The Balaban J connectivity index is 1.78. The maximum atomic E-state index is 13.3. The largest absolute Gasteiger partial charge is 0.479 e. The average Bonchev–Trinajstić information content (AvgIpc) is 2.56. The lowest BCUT2D eigenvalue weighted by Crippen LogP contribution is -2.24. The summed E-state index contributed by atoms with van der Waals surface area (Å²) in [6, 6.07) is 11.2. The molecule has 0 saturated heterocycles. The molecule has 1 amide bonds. The highest BCUT2D eigenvalue weighted by atomic mass is 19.1. The Labute approximate surface area is 139 Å². The van der Waals surface area contributed by atoms with Crippen LogP contribution in [0.25, 0.3) is 0 Å². The Morgan fingerprint density at radius 3 is 2.54 bits per heavy atom. The van der Waals surface area contributed by atoms with E-state index in [-0.39, 0.29) is 5.75 Å². The van der Waals surface area contributed by atoms with E-state index in [4.69, 9.17) is 9.47 Å². The number of hydrogen-bond acceptors (Lipinski definition) is 4. The van der Waals surface area contributed by atoms with Crippen molar-refractivity contribution < 1.29 is 23.5 Å². The van der Waals surface area contributed by atoms with Crippen molar-refractivity contribution in [2.75, 3.05) is 18.5 Å². The molecule has 0 saturated carbocycles. The number of anilines is 1. The van der Waals surface area contributed by atoms with Gasteiger partial charge in [-0.25, -0.2) is 9.18 Å². The van der Waals surface area contributed by atoms with Gasteiger partial charge < -0.3 is 14.8 Å². The summed E-state index contributed by atoms with van der Waals surface area (Å²) in [5.74, 6) is -1.83. The fourth-order valence-corrected chi connectivity index (χ4v) is 1.96. The van der Waals surface area contributed by atoms with Crippen LogP contribution in [0, 0.1) is 19.7 Å². The third kappa shape index (κ3) is 4.81. The zero-order valence-electron chi connectivity index (χ0n) is 13.5. The van der Waals surface area contributed by atoms with E-state index in [9.17, 15) is 14.0 Å². The monoisotopic (exact) mass is 331 g/mol. The molecule has 0 aliphatic heterocycles. The van der Waals surface area contributed by atoms with Gasteiger partial charge in [0, 0.05) is 5.69 Å². The Kier molecular flexibility index (Phi) is 5.89. The predicted octanol–water partition coefficient (Wildman–Crippen LogP) is 3.00. The van der Waals surface area contributed by atoms with Gasteiger partial charge in [-0.05, 0) is 43.2 Å². The molecule has 0 aliphatic carbocycles. The molecule has 5 nitrogen and oxygen atoms in total. The van der Waals surface area contributed by atoms with Crippen LogP contribution >= 0.6 is 0 Å². The topological polar surface area (TPSA) is 64.6 Å². The molecule has 0 atom stereocenters. The van der Waals surface area contributed by atoms with E-state index in [1.54, 1.807) is 12.1 Å². The molecule has 126 valence electrons. The number of nitrogens with one attached hydrogen (secondary N) is 1. The summed E-state index contributed by atoms with van der Waals surface area (Å²) in [4.78, 5) is 23.4. The molecule has 0 aliphatic rings. The zero-order chi connectivity index (χ0) is 17.5. The maximum absolute atomic E-state index is 13.3. The molecular formula is C18H18FNO4. The van der Waals surface area contributed by atoms with Gasteiger partial charge in [-0.15, -0.1) is 0 Å². The summed E-state index contributed by atoms with van der Waals surface area (Å²) in [5.41, 5.74) is 2.65. The highest BCUT2D eigenvalue weighted by molar-refractivity contribution is 5.93. The highest BCUT2D eigenvalue weighted by Crippen LogP contribution is 2.18. The Bertz CT molecular complexity index is 746. The lowest BCUT2D eigenvalue weighted by atomic mass is 10.1. The molecule has 0 radical (unpaired) electrons. The molecule has 0 aromatic heterocycles. The Morgan fingerprint density at radius 2 is 1.79 bits per heavy atom. The van der Waals surface area contributed by atoms with Crippen LogP contribution < -0.4 is 10.1 Å². The van der Waals surface area contributed by atoms with Gasteiger partial charge in [0.05, 0.1) is 0 Å². The number of ether oxygens (including phenoxy) is 2. The van der Waals surface area contributed by atoms with Crippen molar-refractivity contribution >= 4 is 17.6 Å². The normalized spacial score (nSPS) is 10.1. The third-order valence-corrected chi connectivity index (χ3v) is 3.43. The van der Waals surface area contributed by atoms with Crippen molar-refractivity contribution in [3.63, 3.8) is 0 Å². The fourth-order valence-electron chi connectivity index (χ4n) is 1.96. The molecule has 0 spiro atoms. The minimum atomic E-state index is -0.755. The minimum absolute atomic E-state index is 0.0470. The maximum Gasteiger partial charge on any atom is 0.344 e. The first-order chi connectivity index (χ1) is 11.5. The first-order valence-electron chi connectivity index (χ1n) is 7.36. The summed E-state index contributed by atoms with van der Waals surface area (Å²) in [7, 11) is 0. The second-order valence-corrected chi connectivity index (χ2v) is 5.18. The minimum Gasteiger partial charge on any atom is -0.479 e. The van der Waals surface area contributed by atoms with Crippen LogP contribution in [-0.2, 0) is 14.3 Å². The quantitative estimate of drug-likeness (QED) is 0.827. The number of esters is 1. The number of rotatable bonds is 6. The molecule has 0 unspecified atom stereocenters. The summed E-state index contributed by atoms with van der Waals surface area (Å²) in [5, 5.41) is 2.67. The van der Waals surface area contributed by atoms with E-state index in [1.807, 2.05) is 26.0 Å². The van der Waals surface area contributed by atoms with Crippen molar-refractivity contribution in [1.29, 1.82) is 0 Å². The van der Waals surface area contributed by atoms with E-state index in [1.165, 1.54) is 18.2 Å². The van der Waals surface area contributed by atoms with Gasteiger partial charge in [-0.1, -0.05) is 24.3 Å². The first kappa shape index (κ1) is 17.5. The van der Waals surface area contributed by atoms with Gasteiger partial charge in [0.15, 0.2) is 24.8 Å². The van der Waals surface area contributed by atoms with Crippen molar-refractivity contribution in [1.82, 2.24) is 0 Å². The fraction of sp³-hybridized carbons (Fsp3) is 0.222. The predicted molar refractivity (Wildman–Crippen MR) is 87.4 cm³/mol. The van der Waals surface area contributed by atoms with Crippen molar-refractivity contribution in [2.24, 2.45) is 0 Å². The van der Waals surface area contributed by atoms with E-state index in [0.29, 0.717) is 5.69 Å². The number of para-hydroxylation sites is 1. The number of carbonyl (C=O) groups excluding carboxylic acids is 2. The highest BCUT2D eigenvalue weighted by Gasteiger charge is 2.11. The third-order valence-electron chi connectivity index (χ3n) is 3.43. The molecular weight excluding hydrogens is 313 g/mol. The van der Waals surface area contributed by atoms with E-state index in [0.717, 1.165) is 11.1 Å². The summed E-state index contributed by atoms with van der Waals surface area (Å²) in [6.07, 6.45) is 0. The van der Waals surface area contributed by atoms with Crippen LogP contribution in [0.15, 0.2) is 42.5 Å². The lowest BCUT2D eigenvalue weighted by molar-refractivity contribution is -0.149. The SMILES string of the molecule is Cc1cccc(NC(=O)COC(=O)COc2ccccc2F)c1C. The molecule has 0 heterocycles. The van der Waals surface area contributed by atoms with Crippen molar-refractivity contribution in [3.05, 3.63) is 59.4 Å². The number of carbonyl (C=O) groups is 2. The average molecular weight is 331 g/mol. The number of halogens is 1. The molecule has 0 bridgehead atoms. The van der Waals surface area contributed by atoms with Gasteiger partial charge >= 0.3 is 5.97 Å². The van der Waals surface area contributed by atoms with Gasteiger partial charge in [-0.3, -0.25) is 4.79 Å². The first-order valence-corrected chi connectivity index (χ1v) is 7.36.